The topological polar surface area (TPSA) is 9.23 Å². The molecule has 1 fully saturated rings. The van der Waals surface area contributed by atoms with E-state index in [9.17, 15) is 0 Å². The normalized spacial score (nSPS) is 15.8. The average molecular weight is 242 g/mol. The third-order valence-corrected chi connectivity index (χ3v) is 3.45. The molecule has 0 aromatic heterocycles. The fourth-order valence-electron chi connectivity index (χ4n) is 2.42. The molecule has 0 N–H and O–H groups in total. The summed E-state index contributed by atoms with van der Waals surface area (Å²) >= 11 is 0. The van der Waals surface area contributed by atoms with E-state index >= 15 is 0 Å². The van der Waals surface area contributed by atoms with Gasteiger partial charge in [0.05, 0.1) is 6.61 Å². The van der Waals surface area contributed by atoms with Crippen LogP contribution in [0.3, 0.4) is 0 Å². The highest BCUT2D eigenvalue weighted by Crippen LogP contribution is 2.24. The monoisotopic (exact) mass is 242 g/mol. The highest BCUT2D eigenvalue weighted by atomic mass is 16.5. The van der Waals surface area contributed by atoms with Crippen LogP contribution < -0.4 is 4.74 Å². The van der Waals surface area contributed by atoms with E-state index < -0.39 is 0 Å². The van der Waals surface area contributed by atoms with Gasteiger partial charge in [0.25, 0.3) is 0 Å². The van der Waals surface area contributed by atoms with E-state index in [0.29, 0.717) is 0 Å². The van der Waals surface area contributed by atoms with Crippen molar-refractivity contribution in [1.29, 1.82) is 0 Å². The fraction of sp³-hybridized carbons (Fsp3) is 0.529. The quantitative estimate of drug-likeness (QED) is 0.713. The molecule has 96 valence electrons. The van der Waals surface area contributed by atoms with Crippen LogP contribution in [-0.4, -0.2) is 6.61 Å². The maximum absolute atomic E-state index is 5.90. The highest BCUT2D eigenvalue weighted by molar-refractivity contribution is 5.39. The summed E-state index contributed by atoms with van der Waals surface area (Å²) < 4.78 is 5.90. The maximum Gasteiger partial charge on any atom is 0.120 e. The molecule has 0 heterocycles. The van der Waals surface area contributed by atoms with Crippen molar-refractivity contribution < 1.29 is 4.74 Å². The number of benzene rings is 1. The van der Waals surface area contributed by atoms with Crippen LogP contribution in [0.5, 0.6) is 5.75 Å². The van der Waals surface area contributed by atoms with Crippen molar-refractivity contribution in [2.45, 2.75) is 45.4 Å². The van der Waals surface area contributed by atoms with Gasteiger partial charge >= 0.3 is 0 Å². The summed E-state index contributed by atoms with van der Waals surface area (Å²) in [7, 11) is 0. The zero-order valence-electron chi connectivity index (χ0n) is 11.2. The van der Waals surface area contributed by atoms with Crippen LogP contribution in [-0.2, 0) is 0 Å². The molecule has 1 heteroatoms. The minimum Gasteiger partial charge on any atom is -0.493 e. The molecule has 1 aliphatic carbocycles. The van der Waals surface area contributed by atoms with Crippen LogP contribution in [0.25, 0.3) is 0 Å². The summed E-state index contributed by atoms with van der Waals surface area (Å²) in [6, 6.07) is 8.14. The van der Waals surface area contributed by atoms with Gasteiger partial charge in [0.15, 0.2) is 0 Å². The highest BCUT2D eigenvalue weighted by Gasteiger charge is 2.13. The Morgan fingerprint density at radius 1 is 1.22 bits per heavy atom. The molecule has 1 aliphatic rings. The molecule has 0 radical (unpaired) electrons. The molecule has 0 bridgehead atoms. The molecule has 0 atom stereocenters. The van der Waals surface area contributed by atoms with Crippen molar-refractivity contribution >= 4 is 0 Å². The molecule has 0 aliphatic heterocycles. The average Bonchev–Trinajstić information content (AvgIpc) is 2.44. The molecule has 1 aromatic rings. The molecular formula is C17H22O. The standard InChI is InChI=1S/C17H22O/c1-2-3-8-15-11-7-12-17(13-15)18-14-16-9-5-4-6-10-16/h7,11-13,16H,2,4-6,9-10,14H2,1H3. The second kappa shape index (κ2) is 7.11. The van der Waals surface area contributed by atoms with Gasteiger partial charge in [-0.05, 0) is 37.0 Å². The zero-order chi connectivity index (χ0) is 12.6. The molecule has 1 aromatic carbocycles. The molecule has 1 saturated carbocycles. The van der Waals surface area contributed by atoms with E-state index in [1.54, 1.807) is 0 Å². The Bertz CT molecular complexity index is 419. The second-order valence-corrected chi connectivity index (χ2v) is 5.00. The predicted octanol–water partition coefficient (Wildman–Crippen LogP) is 4.41. The summed E-state index contributed by atoms with van der Waals surface area (Å²) in [6.45, 7) is 2.93. The van der Waals surface area contributed by atoms with E-state index in [0.717, 1.165) is 30.3 Å². The number of ether oxygens (including phenoxy) is 1. The summed E-state index contributed by atoms with van der Waals surface area (Å²) in [5.74, 6) is 7.95. The smallest absolute Gasteiger partial charge is 0.120 e. The Kier molecular flexibility index (Phi) is 5.15. The molecule has 2 rings (SSSR count). The molecular weight excluding hydrogens is 220 g/mol. The van der Waals surface area contributed by atoms with Crippen molar-refractivity contribution in [3.63, 3.8) is 0 Å². The Hall–Kier alpha value is -1.42. The van der Waals surface area contributed by atoms with Gasteiger partial charge < -0.3 is 4.74 Å². The van der Waals surface area contributed by atoms with Crippen LogP contribution in [0.4, 0.5) is 0 Å². The third-order valence-electron chi connectivity index (χ3n) is 3.45. The van der Waals surface area contributed by atoms with Crippen LogP contribution in [0.1, 0.15) is 51.0 Å². The minimum atomic E-state index is 0.754. The van der Waals surface area contributed by atoms with Gasteiger partial charge in [-0.3, -0.25) is 0 Å². The summed E-state index contributed by atoms with van der Waals surface area (Å²) in [4.78, 5) is 0. The first-order chi connectivity index (χ1) is 8.88. The van der Waals surface area contributed by atoms with Gasteiger partial charge in [0.2, 0.25) is 0 Å². The van der Waals surface area contributed by atoms with Crippen molar-refractivity contribution in [3.8, 4) is 17.6 Å². The first-order valence-electron chi connectivity index (χ1n) is 7.10. The molecule has 0 spiro atoms. The van der Waals surface area contributed by atoms with Crippen LogP contribution in [0.15, 0.2) is 24.3 Å². The number of rotatable bonds is 3. The lowest BCUT2D eigenvalue weighted by Gasteiger charge is -2.21. The van der Waals surface area contributed by atoms with E-state index in [2.05, 4.69) is 18.8 Å². The number of hydrogen-bond donors (Lipinski definition) is 0. The molecule has 1 nitrogen and oxygen atoms in total. The first-order valence-corrected chi connectivity index (χ1v) is 7.10. The zero-order valence-corrected chi connectivity index (χ0v) is 11.2. The molecule has 0 unspecified atom stereocenters. The van der Waals surface area contributed by atoms with Gasteiger partial charge in [0, 0.05) is 12.0 Å². The van der Waals surface area contributed by atoms with Crippen LogP contribution >= 0.6 is 0 Å². The second-order valence-electron chi connectivity index (χ2n) is 5.00. The molecule has 18 heavy (non-hydrogen) atoms. The molecule has 0 amide bonds. The SMILES string of the molecule is CCC#Cc1cccc(OCC2CCCCC2)c1. The van der Waals surface area contributed by atoms with E-state index in [4.69, 9.17) is 4.74 Å². The van der Waals surface area contributed by atoms with Gasteiger partial charge in [-0.2, -0.15) is 0 Å². The van der Waals surface area contributed by atoms with E-state index in [-0.39, 0.29) is 0 Å². The summed E-state index contributed by atoms with van der Waals surface area (Å²) in [6.07, 6.45) is 7.70. The Labute approximate surface area is 111 Å². The predicted molar refractivity (Wildman–Crippen MR) is 75.7 cm³/mol. The van der Waals surface area contributed by atoms with Gasteiger partial charge in [0.1, 0.15) is 5.75 Å². The van der Waals surface area contributed by atoms with E-state index in [1.165, 1.54) is 32.1 Å². The first kappa shape index (κ1) is 13.0. The van der Waals surface area contributed by atoms with Crippen molar-refractivity contribution in [2.75, 3.05) is 6.61 Å². The van der Waals surface area contributed by atoms with Gasteiger partial charge in [-0.15, -0.1) is 0 Å². The summed E-state index contributed by atoms with van der Waals surface area (Å²) in [5.41, 5.74) is 1.05. The lowest BCUT2D eigenvalue weighted by molar-refractivity contribution is 0.209. The Morgan fingerprint density at radius 3 is 2.83 bits per heavy atom. The van der Waals surface area contributed by atoms with E-state index in [1.807, 2.05) is 24.3 Å². The summed E-state index contributed by atoms with van der Waals surface area (Å²) in [5, 5.41) is 0. The Morgan fingerprint density at radius 2 is 2.06 bits per heavy atom. The van der Waals surface area contributed by atoms with Crippen LogP contribution in [0.2, 0.25) is 0 Å². The lowest BCUT2D eigenvalue weighted by atomic mass is 9.90. The van der Waals surface area contributed by atoms with Gasteiger partial charge in [-0.1, -0.05) is 44.1 Å². The molecule has 0 saturated heterocycles. The van der Waals surface area contributed by atoms with Crippen molar-refractivity contribution in [2.24, 2.45) is 5.92 Å². The van der Waals surface area contributed by atoms with Gasteiger partial charge in [-0.25, -0.2) is 0 Å². The minimum absolute atomic E-state index is 0.754. The Balaban J connectivity index is 1.88. The largest absolute Gasteiger partial charge is 0.493 e. The maximum atomic E-state index is 5.90. The van der Waals surface area contributed by atoms with Crippen LogP contribution in [0, 0.1) is 17.8 Å². The third kappa shape index (κ3) is 4.11. The lowest BCUT2D eigenvalue weighted by Crippen LogP contribution is -2.15. The van der Waals surface area contributed by atoms with Crippen molar-refractivity contribution in [3.05, 3.63) is 29.8 Å². The fourth-order valence-corrected chi connectivity index (χ4v) is 2.42. The van der Waals surface area contributed by atoms with Crippen molar-refractivity contribution in [1.82, 2.24) is 0 Å². The number of hydrogen-bond acceptors (Lipinski definition) is 1.